The Balaban J connectivity index is 1.89. The fraction of sp³-hybridized carbons (Fsp3) is 0.480. The number of hydrogen-bond acceptors (Lipinski definition) is 11. The second-order valence-electron chi connectivity index (χ2n) is 8.68. The first-order chi connectivity index (χ1) is 17.6. The Kier molecular flexibility index (Phi) is 9.54. The van der Waals surface area contributed by atoms with Crippen LogP contribution in [0, 0.1) is 11.8 Å². The van der Waals surface area contributed by atoms with Crippen molar-refractivity contribution in [2.24, 2.45) is 11.8 Å². The molecule has 12 nitrogen and oxygen atoms in total. The van der Waals surface area contributed by atoms with Crippen LogP contribution < -0.4 is 9.67 Å². The first-order valence-corrected chi connectivity index (χ1v) is 11.5. The molecule has 1 aromatic rings. The molecule has 1 fully saturated rings. The average molecular weight is 522 g/mol. The number of methoxy groups -OCH3 is 1. The Hall–Kier alpha value is -3.13. The van der Waals surface area contributed by atoms with Gasteiger partial charge in [-0.1, -0.05) is 18.2 Å². The monoisotopic (exact) mass is 521 g/mol. The molecule has 0 aromatic carbocycles. The molecule has 9 atom stereocenters. The van der Waals surface area contributed by atoms with E-state index >= 15 is 0 Å². The average Bonchev–Trinajstić information content (AvgIpc) is 2.91. The van der Waals surface area contributed by atoms with E-state index in [0.29, 0.717) is 5.56 Å². The summed E-state index contributed by atoms with van der Waals surface area (Å²) in [6.45, 7) is 4.65. The standard InChI is InChI=1S/C25H31NO11/c1-4-15-16(8-7-14-6-5-9-26(10-14)13(2)22(31)32)17(23(33)34-3)12-35-24(15)37-25-21(30)20(29)19(28)18(11-27)36-25/h4-10,12-13,15-16,18-21,24-25,27-30H,1,11H2,2-3H3/b8-7+/t13?,15?,16?,18-,19-,20+,21-,24?,25+/m1/s1. The van der Waals surface area contributed by atoms with Gasteiger partial charge in [-0.05, 0) is 6.07 Å². The van der Waals surface area contributed by atoms with Gasteiger partial charge in [0.2, 0.25) is 6.29 Å². The number of rotatable bonds is 9. The summed E-state index contributed by atoms with van der Waals surface area (Å²) < 4.78 is 23.1. The number of aliphatic carboxylic acids is 1. The van der Waals surface area contributed by atoms with Gasteiger partial charge < -0.3 is 49.3 Å². The molecule has 37 heavy (non-hydrogen) atoms. The first kappa shape index (κ1) is 28.4. The molecule has 0 amide bonds. The highest BCUT2D eigenvalue weighted by molar-refractivity contribution is 5.89. The number of hydrogen-bond donors (Lipinski definition) is 4. The van der Waals surface area contributed by atoms with Crippen LogP contribution in [-0.2, 0) is 28.5 Å². The largest absolute Gasteiger partial charge is 0.543 e. The second kappa shape index (κ2) is 12.4. The molecule has 12 heteroatoms. The molecule has 2 aliphatic heterocycles. The van der Waals surface area contributed by atoms with E-state index in [1.165, 1.54) is 24.7 Å². The number of aromatic nitrogens is 1. The number of pyridine rings is 1. The minimum absolute atomic E-state index is 0.143. The second-order valence-corrected chi connectivity index (χ2v) is 8.68. The summed E-state index contributed by atoms with van der Waals surface area (Å²) in [5, 5.41) is 51.1. The minimum atomic E-state index is -1.66. The van der Waals surface area contributed by atoms with Crippen molar-refractivity contribution in [2.75, 3.05) is 13.7 Å². The molecule has 1 aromatic heterocycles. The summed E-state index contributed by atoms with van der Waals surface area (Å²) in [6.07, 6.45) is 0.492. The molecule has 4 N–H and O–H groups in total. The van der Waals surface area contributed by atoms with Crippen LogP contribution in [0.5, 0.6) is 0 Å². The van der Waals surface area contributed by atoms with Gasteiger partial charge in [0.15, 0.2) is 24.7 Å². The van der Waals surface area contributed by atoms with Crippen LogP contribution in [0.4, 0.5) is 0 Å². The van der Waals surface area contributed by atoms with Crippen LogP contribution >= 0.6 is 0 Å². The summed E-state index contributed by atoms with van der Waals surface area (Å²) in [5.41, 5.74) is 0.768. The van der Waals surface area contributed by atoms with Crippen molar-refractivity contribution in [3.05, 3.63) is 60.7 Å². The van der Waals surface area contributed by atoms with Crippen LogP contribution in [0.15, 0.2) is 55.1 Å². The molecule has 0 radical (unpaired) electrons. The van der Waals surface area contributed by atoms with Crippen molar-refractivity contribution in [2.45, 2.75) is 50.0 Å². The van der Waals surface area contributed by atoms with Crippen LogP contribution in [0.1, 0.15) is 18.5 Å². The Bertz CT molecular complexity index is 1040. The van der Waals surface area contributed by atoms with E-state index in [9.17, 15) is 35.1 Å². The molecule has 202 valence electrons. The summed E-state index contributed by atoms with van der Waals surface area (Å²) in [6, 6.07) is 2.50. The lowest BCUT2D eigenvalue weighted by molar-refractivity contribution is -0.712. The molecule has 2 aliphatic rings. The predicted molar refractivity (Wildman–Crippen MR) is 122 cm³/mol. The smallest absolute Gasteiger partial charge is 0.337 e. The van der Waals surface area contributed by atoms with E-state index in [1.807, 2.05) is 0 Å². The summed E-state index contributed by atoms with van der Waals surface area (Å²) in [4.78, 5) is 23.7. The predicted octanol–water partition coefficient (Wildman–Crippen LogP) is -2.05. The zero-order chi connectivity index (χ0) is 27.3. The molecule has 0 saturated carbocycles. The number of aliphatic hydroxyl groups is 4. The van der Waals surface area contributed by atoms with Gasteiger partial charge in [0.05, 0.1) is 31.5 Å². The van der Waals surface area contributed by atoms with Gasteiger partial charge in [-0.15, -0.1) is 6.58 Å². The lowest BCUT2D eigenvalue weighted by atomic mass is 9.83. The minimum Gasteiger partial charge on any atom is -0.543 e. The quantitative estimate of drug-likeness (QED) is 0.160. The molecule has 0 aliphatic carbocycles. The fourth-order valence-electron chi connectivity index (χ4n) is 4.10. The van der Waals surface area contributed by atoms with E-state index in [2.05, 4.69) is 6.58 Å². The zero-order valence-electron chi connectivity index (χ0n) is 20.3. The highest BCUT2D eigenvalue weighted by Crippen LogP contribution is 2.36. The maximum absolute atomic E-state index is 12.5. The number of allylic oxidation sites excluding steroid dienone is 1. The van der Waals surface area contributed by atoms with Gasteiger partial charge >= 0.3 is 5.97 Å². The van der Waals surface area contributed by atoms with Crippen LogP contribution in [-0.4, -0.2) is 83.1 Å². The maximum atomic E-state index is 12.5. The number of aliphatic hydroxyl groups excluding tert-OH is 4. The van der Waals surface area contributed by atoms with Gasteiger partial charge in [-0.3, -0.25) is 0 Å². The number of esters is 1. The molecule has 4 unspecified atom stereocenters. The molecule has 1 saturated heterocycles. The molecular formula is C25H31NO11. The van der Waals surface area contributed by atoms with E-state index in [0.717, 1.165) is 6.26 Å². The third-order valence-corrected chi connectivity index (χ3v) is 6.36. The third-order valence-electron chi connectivity index (χ3n) is 6.36. The Morgan fingerprint density at radius 2 is 1.97 bits per heavy atom. The van der Waals surface area contributed by atoms with Crippen LogP contribution in [0.25, 0.3) is 6.08 Å². The van der Waals surface area contributed by atoms with Crippen molar-refractivity contribution in [3.63, 3.8) is 0 Å². The van der Waals surface area contributed by atoms with Gasteiger partial charge in [0.1, 0.15) is 30.4 Å². The van der Waals surface area contributed by atoms with Gasteiger partial charge in [-0.2, -0.15) is 4.57 Å². The Morgan fingerprint density at radius 1 is 1.24 bits per heavy atom. The lowest BCUT2D eigenvalue weighted by Crippen LogP contribution is -2.60. The molecule has 3 heterocycles. The lowest BCUT2D eigenvalue weighted by Gasteiger charge is -2.42. The molecule has 3 rings (SSSR count). The number of nitrogens with zero attached hydrogens (tertiary/aromatic N) is 1. The van der Waals surface area contributed by atoms with E-state index in [-0.39, 0.29) is 5.57 Å². The van der Waals surface area contributed by atoms with Gasteiger partial charge in [0, 0.05) is 24.5 Å². The summed E-state index contributed by atoms with van der Waals surface area (Å²) in [7, 11) is 1.21. The highest BCUT2D eigenvalue weighted by atomic mass is 16.8. The molecule has 0 spiro atoms. The van der Waals surface area contributed by atoms with E-state index < -0.39 is 73.4 Å². The SMILES string of the molecule is C=CC1C(O[C@@H]2O[C@H](CO)[C@@H](O)[C@H](O)[C@H]2O)OC=C(C(=O)OC)C1/C=C/c1ccc[n+](C(C)C(=O)[O-])c1. The third kappa shape index (κ3) is 6.24. The zero-order valence-corrected chi connectivity index (χ0v) is 20.3. The fourth-order valence-corrected chi connectivity index (χ4v) is 4.10. The summed E-state index contributed by atoms with van der Waals surface area (Å²) >= 11 is 0. The number of carboxylic acid groups (broad SMARTS) is 1. The van der Waals surface area contributed by atoms with E-state index in [1.54, 1.807) is 36.7 Å². The number of ether oxygens (including phenoxy) is 4. The van der Waals surface area contributed by atoms with Crippen molar-refractivity contribution >= 4 is 18.0 Å². The molecule has 0 bridgehead atoms. The van der Waals surface area contributed by atoms with Crippen LogP contribution in [0.2, 0.25) is 0 Å². The van der Waals surface area contributed by atoms with Gasteiger partial charge in [0.25, 0.3) is 0 Å². The Morgan fingerprint density at radius 3 is 2.59 bits per heavy atom. The van der Waals surface area contributed by atoms with Crippen molar-refractivity contribution in [1.82, 2.24) is 0 Å². The van der Waals surface area contributed by atoms with E-state index in [4.69, 9.17) is 18.9 Å². The first-order valence-electron chi connectivity index (χ1n) is 11.5. The highest BCUT2D eigenvalue weighted by Gasteiger charge is 2.47. The number of carbonyl (C=O) groups excluding carboxylic acids is 2. The van der Waals surface area contributed by atoms with Crippen molar-refractivity contribution in [1.29, 1.82) is 0 Å². The maximum Gasteiger partial charge on any atom is 0.337 e. The Labute approximate surface area is 213 Å². The number of carbonyl (C=O) groups is 2. The molecular weight excluding hydrogens is 490 g/mol. The van der Waals surface area contributed by atoms with Crippen LogP contribution in [0.3, 0.4) is 0 Å². The van der Waals surface area contributed by atoms with Gasteiger partial charge in [-0.25, -0.2) is 4.79 Å². The van der Waals surface area contributed by atoms with Crippen molar-refractivity contribution in [3.8, 4) is 0 Å². The summed E-state index contributed by atoms with van der Waals surface area (Å²) in [5.74, 6) is -3.32. The normalized spacial score (nSPS) is 32.8. The van der Waals surface area contributed by atoms with Crippen molar-refractivity contribution < 1.29 is 58.6 Å². The topological polar surface area (TPSA) is 179 Å². The number of carboxylic acids is 1.